The number of anilines is 3. The molecule has 3 nitrogen and oxygen atoms in total. The molecule has 0 heterocycles. The molecule has 0 saturated heterocycles. The monoisotopic (exact) mass is 491 g/mol. The van der Waals surface area contributed by atoms with E-state index in [2.05, 4.69) is 28.2 Å². The summed E-state index contributed by atoms with van der Waals surface area (Å²) in [6, 6.07) is 21.6. The molecular weight excluding hydrogens is 463 g/mol. The molecule has 2 N–H and O–H groups in total. The molecular formula is C25H28F3N3S2. The van der Waals surface area contributed by atoms with Crippen LogP contribution in [-0.4, -0.2) is 13.1 Å². The zero-order valence-corrected chi connectivity index (χ0v) is 20.3. The Morgan fingerprint density at radius 1 is 0.758 bits per heavy atom. The fourth-order valence-corrected chi connectivity index (χ4v) is 4.66. The van der Waals surface area contributed by atoms with Crippen LogP contribution in [0, 0.1) is 0 Å². The summed E-state index contributed by atoms with van der Waals surface area (Å²) >= 11 is 2.32. The zero-order chi connectivity index (χ0) is 23.7. The van der Waals surface area contributed by atoms with E-state index in [0.717, 1.165) is 66.1 Å². The topological polar surface area (TPSA) is 27.3 Å². The number of hydrogen-bond donors (Lipinski definition) is 2. The van der Waals surface area contributed by atoms with Crippen molar-refractivity contribution in [1.82, 2.24) is 0 Å². The summed E-state index contributed by atoms with van der Waals surface area (Å²) in [5.74, 6) is 0. The fourth-order valence-electron chi connectivity index (χ4n) is 3.28. The van der Waals surface area contributed by atoms with Crippen molar-refractivity contribution in [3.8, 4) is 0 Å². The van der Waals surface area contributed by atoms with E-state index in [0.29, 0.717) is 4.90 Å². The molecule has 0 bridgehead atoms. The van der Waals surface area contributed by atoms with Crippen molar-refractivity contribution in [1.29, 1.82) is 0 Å². The van der Waals surface area contributed by atoms with E-state index in [4.69, 9.17) is 0 Å². The molecule has 0 fully saturated rings. The quantitative estimate of drug-likeness (QED) is 0.262. The Morgan fingerprint density at radius 3 is 2.00 bits per heavy atom. The number of hydrogen-bond acceptors (Lipinski definition) is 5. The summed E-state index contributed by atoms with van der Waals surface area (Å²) in [6.07, 6.45) is -2.31. The lowest BCUT2D eigenvalue weighted by atomic mass is 10.2. The highest BCUT2D eigenvalue weighted by Gasteiger charge is 2.34. The first-order valence-corrected chi connectivity index (χ1v) is 12.5. The van der Waals surface area contributed by atoms with E-state index in [1.54, 1.807) is 6.07 Å². The summed E-state index contributed by atoms with van der Waals surface area (Å²) in [5, 5.41) is 0. The van der Waals surface area contributed by atoms with Crippen molar-refractivity contribution in [3.63, 3.8) is 0 Å². The van der Waals surface area contributed by atoms with Crippen molar-refractivity contribution in [2.45, 2.75) is 42.7 Å². The average Bonchev–Trinajstić information content (AvgIpc) is 2.82. The van der Waals surface area contributed by atoms with Gasteiger partial charge in [0, 0.05) is 34.3 Å². The Balaban J connectivity index is 1.67. The van der Waals surface area contributed by atoms with E-state index >= 15 is 0 Å². The number of halogens is 3. The van der Waals surface area contributed by atoms with E-state index in [1.165, 1.54) is 12.1 Å². The van der Waals surface area contributed by atoms with Gasteiger partial charge in [0.15, 0.2) is 0 Å². The van der Waals surface area contributed by atoms with E-state index in [1.807, 2.05) is 54.6 Å². The van der Waals surface area contributed by atoms with Gasteiger partial charge in [-0.05, 0) is 91.3 Å². The molecule has 0 spiro atoms. The van der Waals surface area contributed by atoms with Crippen molar-refractivity contribution in [2.24, 2.45) is 0 Å². The van der Waals surface area contributed by atoms with Crippen molar-refractivity contribution >= 4 is 41.0 Å². The molecule has 33 heavy (non-hydrogen) atoms. The zero-order valence-electron chi connectivity index (χ0n) is 18.7. The SMILES string of the molecule is CCCN(CCC)c1ccc(NSc2ccc(NSc3ccccc3)c(C(F)(F)F)c2)cc1. The highest BCUT2D eigenvalue weighted by atomic mass is 32.2. The van der Waals surface area contributed by atoms with Crippen LogP contribution >= 0.6 is 23.9 Å². The van der Waals surface area contributed by atoms with Crippen molar-refractivity contribution < 1.29 is 13.2 Å². The predicted molar refractivity (Wildman–Crippen MR) is 136 cm³/mol. The van der Waals surface area contributed by atoms with Gasteiger partial charge in [0.25, 0.3) is 0 Å². The molecule has 0 aliphatic rings. The standard InChI is InChI=1S/C25H28F3N3S2/c1-3-16-31(17-4-2)20-12-10-19(11-13-20)29-33-22-14-15-24(23(18-22)25(26,27)28)30-32-21-8-6-5-7-9-21/h5-15,18,29-30H,3-4,16-17H2,1-2H3. The fraction of sp³-hybridized carbons (Fsp3) is 0.280. The van der Waals surface area contributed by atoms with Crippen LogP contribution in [0.3, 0.4) is 0 Å². The van der Waals surface area contributed by atoms with Crippen molar-refractivity contribution in [2.75, 3.05) is 27.4 Å². The lowest BCUT2D eigenvalue weighted by Crippen LogP contribution is -2.24. The molecule has 0 aliphatic carbocycles. The third-order valence-electron chi connectivity index (χ3n) is 4.82. The third-order valence-corrected chi connectivity index (χ3v) is 6.48. The lowest BCUT2D eigenvalue weighted by molar-refractivity contribution is -0.137. The minimum atomic E-state index is -4.46. The molecule has 0 atom stereocenters. The van der Waals surface area contributed by atoms with Gasteiger partial charge in [-0.3, -0.25) is 0 Å². The molecule has 0 unspecified atom stereocenters. The normalized spacial score (nSPS) is 11.3. The van der Waals surface area contributed by atoms with E-state index in [-0.39, 0.29) is 5.69 Å². The Kier molecular flexibility index (Phi) is 9.26. The molecule has 176 valence electrons. The van der Waals surface area contributed by atoms with Crippen molar-refractivity contribution in [3.05, 3.63) is 78.4 Å². The molecule has 3 aromatic rings. The van der Waals surface area contributed by atoms with E-state index < -0.39 is 11.7 Å². The van der Waals surface area contributed by atoms with Gasteiger partial charge in [0.1, 0.15) is 0 Å². The van der Waals surface area contributed by atoms with Gasteiger partial charge in [0.2, 0.25) is 0 Å². The Labute approximate surface area is 202 Å². The van der Waals surface area contributed by atoms with Gasteiger partial charge in [0.05, 0.1) is 11.3 Å². The molecule has 0 saturated carbocycles. The Bertz CT molecular complexity index is 990. The second-order valence-electron chi connectivity index (χ2n) is 7.46. The summed E-state index contributed by atoms with van der Waals surface area (Å²) in [7, 11) is 0. The molecule has 3 aromatic carbocycles. The smallest absolute Gasteiger partial charge is 0.372 e. The van der Waals surface area contributed by atoms with Crippen LogP contribution < -0.4 is 14.3 Å². The first kappa shape index (κ1) is 25.2. The largest absolute Gasteiger partial charge is 0.418 e. The number of nitrogens with zero attached hydrogens (tertiary/aromatic N) is 1. The molecule has 0 radical (unpaired) electrons. The van der Waals surface area contributed by atoms with Crippen LogP contribution in [0.2, 0.25) is 0 Å². The Morgan fingerprint density at radius 2 is 1.39 bits per heavy atom. The summed E-state index contributed by atoms with van der Waals surface area (Å²) in [4.78, 5) is 3.66. The predicted octanol–water partition coefficient (Wildman–Crippen LogP) is 8.57. The summed E-state index contributed by atoms with van der Waals surface area (Å²) in [5.41, 5.74) is 1.34. The Hall–Kier alpha value is -2.45. The van der Waals surface area contributed by atoms with Gasteiger partial charge in [-0.15, -0.1) is 0 Å². The first-order chi connectivity index (χ1) is 15.9. The number of benzene rings is 3. The molecule has 0 aliphatic heterocycles. The minimum absolute atomic E-state index is 0.0389. The van der Waals surface area contributed by atoms with Gasteiger partial charge < -0.3 is 14.3 Å². The van der Waals surface area contributed by atoms with Gasteiger partial charge >= 0.3 is 6.18 Å². The van der Waals surface area contributed by atoms with Crippen LogP contribution in [0.15, 0.2) is 82.6 Å². The first-order valence-electron chi connectivity index (χ1n) is 10.9. The summed E-state index contributed by atoms with van der Waals surface area (Å²) in [6.45, 7) is 6.31. The molecule has 0 aromatic heterocycles. The van der Waals surface area contributed by atoms with Gasteiger partial charge in [-0.2, -0.15) is 13.2 Å². The average molecular weight is 492 g/mol. The molecule has 8 heteroatoms. The maximum atomic E-state index is 13.7. The van der Waals surface area contributed by atoms with Crippen LogP contribution in [0.25, 0.3) is 0 Å². The molecule has 0 amide bonds. The van der Waals surface area contributed by atoms with Crippen LogP contribution in [0.1, 0.15) is 32.3 Å². The maximum absolute atomic E-state index is 13.7. The third kappa shape index (κ3) is 7.54. The second-order valence-corrected chi connectivity index (χ2v) is 9.22. The van der Waals surface area contributed by atoms with Gasteiger partial charge in [-0.1, -0.05) is 32.0 Å². The van der Waals surface area contributed by atoms with Crippen LogP contribution in [-0.2, 0) is 6.18 Å². The second kappa shape index (κ2) is 12.1. The highest BCUT2D eigenvalue weighted by molar-refractivity contribution is 8.00. The summed E-state index contributed by atoms with van der Waals surface area (Å²) < 4.78 is 47.0. The van der Waals surface area contributed by atoms with Crippen LogP contribution in [0.4, 0.5) is 30.2 Å². The molecule has 3 rings (SSSR count). The number of nitrogens with one attached hydrogen (secondary N) is 2. The van der Waals surface area contributed by atoms with E-state index in [9.17, 15) is 13.2 Å². The van der Waals surface area contributed by atoms with Gasteiger partial charge in [-0.25, -0.2) is 0 Å². The lowest BCUT2D eigenvalue weighted by Gasteiger charge is -2.24. The number of rotatable bonds is 11. The minimum Gasteiger partial charge on any atom is -0.372 e. The van der Waals surface area contributed by atoms with Crippen LogP contribution in [0.5, 0.6) is 0 Å². The number of alkyl halides is 3. The maximum Gasteiger partial charge on any atom is 0.418 e. The highest BCUT2D eigenvalue weighted by Crippen LogP contribution is 2.39.